The molecule has 0 unspecified atom stereocenters. The summed E-state index contributed by atoms with van der Waals surface area (Å²) < 4.78 is 13.3. The zero-order chi connectivity index (χ0) is 18.2. The second kappa shape index (κ2) is 8.81. The van der Waals surface area contributed by atoms with E-state index in [2.05, 4.69) is 11.4 Å². The first-order valence-corrected chi connectivity index (χ1v) is 7.93. The zero-order valence-electron chi connectivity index (χ0n) is 14.4. The van der Waals surface area contributed by atoms with Crippen LogP contribution >= 0.6 is 0 Å². The van der Waals surface area contributed by atoms with Crippen LogP contribution < -0.4 is 5.32 Å². The average molecular weight is 340 g/mol. The van der Waals surface area contributed by atoms with Gasteiger partial charge in [0.05, 0.1) is 11.6 Å². The number of amides is 2. The molecule has 5 nitrogen and oxygen atoms in total. The lowest BCUT2D eigenvalue weighted by Crippen LogP contribution is -2.39. The van der Waals surface area contributed by atoms with Crippen molar-refractivity contribution in [1.29, 1.82) is 5.26 Å². The number of hydrogen-bond acceptors (Lipinski definition) is 3. The standard InChI is InChI=1S/C19H21FN4O/c1-23(2)10-11-24(14-16-8-6-15(13-21)7-9-16)19(25)22-18-5-3-4-17(20)12-18/h3-9,12H,10-11,14H2,1-2H3,(H,22,25). The number of carbonyl (C=O) groups excluding carboxylic acids is 1. The molecule has 2 rings (SSSR count). The summed E-state index contributed by atoms with van der Waals surface area (Å²) in [6.45, 7) is 1.63. The first kappa shape index (κ1) is 18.4. The van der Waals surface area contributed by atoms with Crippen molar-refractivity contribution >= 4 is 11.7 Å². The molecule has 2 aromatic carbocycles. The van der Waals surface area contributed by atoms with Crippen LogP contribution in [-0.4, -0.2) is 43.0 Å². The van der Waals surface area contributed by atoms with E-state index >= 15 is 0 Å². The van der Waals surface area contributed by atoms with Gasteiger partial charge in [-0.3, -0.25) is 0 Å². The second-order valence-corrected chi connectivity index (χ2v) is 5.97. The molecule has 0 aliphatic rings. The summed E-state index contributed by atoms with van der Waals surface area (Å²) in [5.74, 6) is -0.398. The van der Waals surface area contributed by atoms with Gasteiger partial charge in [-0.25, -0.2) is 9.18 Å². The SMILES string of the molecule is CN(C)CCN(Cc1ccc(C#N)cc1)C(=O)Nc1cccc(F)c1. The minimum atomic E-state index is -0.398. The molecular formula is C19H21FN4O. The molecule has 0 aliphatic heterocycles. The van der Waals surface area contributed by atoms with Gasteiger partial charge < -0.3 is 15.1 Å². The van der Waals surface area contributed by atoms with Gasteiger partial charge in [0, 0.05) is 25.3 Å². The van der Waals surface area contributed by atoms with E-state index in [1.165, 1.54) is 12.1 Å². The molecule has 1 N–H and O–H groups in total. The third-order valence-corrected chi connectivity index (χ3v) is 3.64. The number of urea groups is 1. The highest BCUT2D eigenvalue weighted by molar-refractivity contribution is 5.89. The van der Waals surface area contributed by atoms with Crippen LogP contribution in [0.15, 0.2) is 48.5 Å². The van der Waals surface area contributed by atoms with Gasteiger partial charge in [-0.1, -0.05) is 18.2 Å². The topological polar surface area (TPSA) is 59.4 Å². The summed E-state index contributed by atoms with van der Waals surface area (Å²) >= 11 is 0. The van der Waals surface area contributed by atoms with Crippen molar-refractivity contribution in [2.24, 2.45) is 0 Å². The summed E-state index contributed by atoms with van der Waals surface area (Å²) in [4.78, 5) is 16.2. The minimum absolute atomic E-state index is 0.295. The lowest BCUT2D eigenvalue weighted by molar-refractivity contribution is 0.202. The highest BCUT2D eigenvalue weighted by Crippen LogP contribution is 2.12. The van der Waals surface area contributed by atoms with E-state index in [1.54, 1.807) is 29.2 Å². The highest BCUT2D eigenvalue weighted by atomic mass is 19.1. The van der Waals surface area contributed by atoms with E-state index in [0.29, 0.717) is 30.9 Å². The molecule has 0 aromatic heterocycles. The van der Waals surface area contributed by atoms with Crippen LogP contribution in [0.4, 0.5) is 14.9 Å². The third-order valence-electron chi connectivity index (χ3n) is 3.64. The number of anilines is 1. The van der Waals surface area contributed by atoms with Crippen molar-refractivity contribution in [1.82, 2.24) is 9.80 Å². The summed E-state index contributed by atoms with van der Waals surface area (Å²) in [6, 6.07) is 14.7. The Bertz CT molecular complexity index is 753. The molecule has 25 heavy (non-hydrogen) atoms. The molecule has 0 spiro atoms. The molecule has 0 atom stereocenters. The second-order valence-electron chi connectivity index (χ2n) is 5.97. The normalized spacial score (nSPS) is 10.4. The summed E-state index contributed by atoms with van der Waals surface area (Å²) in [5, 5.41) is 11.6. The Hall–Kier alpha value is -2.91. The molecule has 0 radical (unpaired) electrons. The lowest BCUT2D eigenvalue weighted by Gasteiger charge is -2.25. The monoisotopic (exact) mass is 340 g/mol. The van der Waals surface area contributed by atoms with Crippen LogP contribution in [0.5, 0.6) is 0 Å². The predicted octanol–water partition coefficient (Wildman–Crippen LogP) is 3.29. The van der Waals surface area contributed by atoms with Crippen LogP contribution in [0.1, 0.15) is 11.1 Å². The van der Waals surface area contributed by atoms with Crippen LogP contribution in [0, 0.1) is 17.1 Å². The summed E-state index contributed by atoms with van der Waals surface area (Å²) in [6.07, 6.45) is 0. The molecule has 130 valence electrons. The smallest absolute Gasteiger partial charge is 0.319 e. The number of nitrogens with zero attached hydrogens (tertiary/aromatic N) is 3. The maximum absolute atomic E-state index is 13.3. The number of nitrogens with one attached hydrogen (secondary N) is 1. The largest absolute Gasteiger partial charge is 0.322 e. The van der Waals surface area contributed by atoms with Crippen molar-refractivity contribution in [3.63, 3.8) is 0 Å². The first-order chi connectivity index (χ1) is 12.0. The van der Waals surface area contributed by atoms with E-state index in [1.807, 2.05) is 31.1 Å². The molecule has 6 heteroatoms. The quantitative estimate of drug-likeness (QED) is 0.878. The Balaban J connectivity index is 2.10. The lowest BCUT2D eigenvalue weighted by atomic mass is 10.1. The van der Waals surface area contributed by atoms with Gasteiger partial charge in [-0.15, -0.1) is 0 Å². The Labute approximate surface area is 147 Å². The van der Waals surface area contributed by atoms with Crippen molar-refractivity contribution in [3.8, 4) is 6.07 Å². The maximum atomic E-state index is 13.3. The number of hydrogen-bond donors (Lipinski definition) is 1. The fraction of sp³-hybridized carbons (Fsp3) is 0.263. The van der Waals surface area contributed by atoms with Gasteiger partial charge in [0.15, 0.2) is 0 Å². The summed E-state index contributed by atoms with van der Waals surface area (Å²) in [5.41, 5.74) is 1.92. The highest BCUT2D eigenvalue weighted by Gasteiger charge is 2.15. The van der Waals surface area contributed by atoms with Crippen molar-refractivity contribution < 1.29 is 9.18 Å². The van der Waals surface area contributed by atoms with Crippen molar-refractivity contribution in [3.05, 3.63) is 65.5 Å². The van der Waals surface area contributed by atoms with Gasteiger partial charge >= 0.3 is 6.03 Å². The molecule has 0 bridgehead atoms. The molecular weight excluding hydrogens is 319 g/mol. The van der Waals surface area contributed by atoms with Crippen LogP contribution in [0.2, 0.25) is 0 Å². The van der Waals surface area contributed by atoms with E-state index < -0.39 is 5.82 Å². The predicted molar refractivity (Wildman–Crippen MR) is 95.5 cm³/mol. The van der Waals surface area contributed by atoms with Crippen LogP contribution in [-0.2, 0) is 6.54 Å². The Morgan fingerprint density at radius 3 is 2.48 bits per heavy atom. The Morgan fingerprint density at radius 2 is 1.88 bits per heavy atom. The fourth-order valence-electron chi connectivity index (χ4n) is 2.25. The van der Waals surface area contributed by atoms with E-state index in [4.69, 9.17) is 5.26 Å². The average Bonchev–Trinajstić information content (AvgIpc) is 2.59. The van der Waals surface area contributed by atoms with Gasteiger partial charge in [0.25, 0.3) is 0 Å². The van der Waals surface area contributed by atoms with Gasteiger partial charge in [-0.2, -0.15) is 5.26 Å². The molecule has 2 amide bonds. The first-order valence-electron chi connectivity index (χ1n) is 7.93. The number of rotatable bonds is 6. The van der Waals surface area contributed by atoms with Gasteiger partial charge in [0.2, 0.25) is 0 Å². The molecule has 0 saturated heterocycles. The van der Waals surface area contributed by atoms with Gasteiger partial charge in [0.1, 0.15) is 5.82 Å². The van der Waals surface area contributed by atoms with E-state index in [0.717, 1.165) is 5.56 Å². The Kier molecular flexibility index (Phi) is 6.49. The number of benzene rings is 2. The number of nitriles is 1. The van der Waals surface area contributed by atoms with Crippen molar-refractivity contribution in [2.75, 3.05) is 32.5 Å². The minimum Gasteiger partial charge on any atom is -0.319 e. The number of likely N-dealkylation sites (N-methyl/N-ethyl adjacent to an activating group) is 1. The van der Waals surface area contributed by atoms with Gasteiger partial charge in [-0.05, 0) is 50.0 Å². The third kappa shape index (κ3) is 5.90. The number of carbonyl (C=O) groups is 1. The number of halogens is 1. The Morgan fingerprint density at radius 1 is 1.16 bits per heavy atom. The molecule has 0 fully saturated rings. The van der Waals surface area contributed by atoms with Crippen LogP contribution in [0.25, 0.3) is 0 Å². The zero-order valence-corrected chi connectivity index (χ0v) is 14.4. The van der Waals surface area contributed by atoms with Crippen LogP contribution in [0.3, 0.4) is 0 Å². The van der Waals surface area contributed by atoms with E-state index in [-0.39, 0.29) is 6.03 Å². The fourth-order valence-corrected chi connectivity index (χ4v) is 2.25. The molecule has 0 heterocycles. The molecule has 0 aliphatic carbocycles. The molecule has 2 aromatic rings. The molecule has 0 saturated carbocycles. The summed E-state index contributed by atoms with van der Waals surface area (Å²) in [7, 11) is 3.87. The maximum Gasteiger partial charge on any atom is 0.322 e. The van der Waals surface area contributed by atoms with E-state index in [9.17, 15) is 9.18 Å². The van der Waals surface area contributed by atoms with Crippen molar-refractivity contribution in [2.45, 2.75) is 6.54 Å².